The predicted molar refractivity (Wildman–Crippen MR) is 256 cm³/mol. The highest BCUT2D eigenvalue weighted by Gasteiger charge is 2.22. The van der Waals surface area contributed by atoms with E-state index in [1.807, 2.05) is 0 Å². The highest BCUT2D eigenvalue weighted by atomic mass is 31.1. The third kappa shape index (κ3) is 5.03. The predicted octanol–water partition coefficient (Wildman–Crippen LogP) is 17.6. The number of hydrogen-bond acceptors (Lipinski definition) is 0. The lowest BCUT2D eigenvalue weighted by molar-refractivity contribution is 1.66. The van der Waals surface area contributed by atoms with Gasteiger partial charge in [-0.25, -0.2) is 0 Å². The molecule has 270 valence electrons. The van der Waals surface area contributed by atoms with Crippen molar-refractivity contribution < 1.29 is 0 Å². The molecule has 0 spiro atoms. The molecule has 2 atom stereocenters. The quantitative estimate of drug-likeness (QED) is 0.153. The van der Waals surface area contributed by atoms with Gasteiger partial charge in [-0.1, -0.05) is 227 Å². The molecule has 0 aliphatic heterocycles. The van der Waals surface area contributed by atoms with Gasteiger partial charge in [-0.3, -0.25) is 0 Å². The lowest BCUT2D eigenvalue weighted by atomic mass is 9.86. The first-order valence-corrected chi connectivity index (χ1v) is 22.7. The molecule has 58 heavy (non-hydrogen) atoms. The number of benzene rings is 10. The van der Waals surface area contributed by atoms with Gasteiger partial charge in [0, 0.05) is 20.5 Å². The minimum absolute atomic E-state index is 0.751. The number of fused-ring (bicyclic) bond motifs is 8. The van der Waals surface area contributed by atoms with Gasteiger partial charge in [0.2, 0.25) is 0 Å². The Bertz CT molecular complexity index is 3320. The number of rotatable bonds is 5. The Kier molecular flexibility index (Phi) is 7.77. The minimum atomic E-state index is -0.751. The fourth-order valence-electron chi connectivity index (χ4n) is 9.71. The van der Waals surface area contributed by atoms with E-state index >= 15 is 0 Å². The van der Waals surface area contributed by atoms with Crippen LogP contribution in [0.5, 0.6) is 0 Å². The van der Waals surface area contributed by atoms with Crippen LogP contribution in [0.2, 0.25) is 0 Å². The van der Waals surface area contributed by atoms with Crippen LogP contribution in [-0.2, 0) is 0 Å². The lowest BCUT2D eigenvalue weighted by Gasteiger charge is -2.19. The molecule has 12 aromatic rings. The zero-order valence-electron chi connectivity index (χ0n) is 31.7. The molecule has 10 aromatic carbocycles. The Hall–Kier alpha value is -6.68. The van der Waals surface area contributed by atoms with E-state index in [1.54, 1.807) is 0 Å². The standard InChI is InChI=1S/C56H36P2/c1-4-18-37(19-5-1)54-44-28-14-26-40(46-30-16-32-48-42-24-10-12-34-52(42)57(55(46)48)38-20-6-2-7-21-38)50(44)36-51-41(27-15-29-45(51)54)47-31-17-33-49-43-25-11-13-35-53(43)58(56(47)49)39-22-8-3-9-23-39/h1-36H. The van der Waals surface area contributed by atoms with Crippen molar-refractivity contribution in [2.45, 2.75) is 0 Å². The van der Waals surface area contributed by atoms with Crippen LogP contribution in [0, 0.1) is 0 Å². The van der Waals surface area contributed by atoms with Crippen LogP contribution in [0.3, 0.4) is 0 Å². The lowest BCUT2D eigenvalue weighted by Crippen LogP contribution is -1.91. The van der Waals surface area contributed by atoms with Crippen LogP contribution in [0.25, 0.3) is 108 Å². The van der Waals surface area contributed by atoms with E-state index in [2.05, 4.69) is 218 Å². The largest absolute Gasteiger partial charge is 0.0766 e. The maximum absolute atomic E-state index is 2.53. The van der Waals surface area contributed by atoms with Crippen molar-refractivity contribution in [2.24, 2.45) is 0 Å². The van der Waals surface area contributed by atoms with Crippen LogP contribution in [0.15, 0.2) is 218 Å². The molecule has 12 rings (SSSR count). The monoisotopic (exact) mass is 770 g/mol. The summed E-state index contributed by atoms with van der Waals surface area (Å²) in [7, 11) is -1.50. The molecule has 0 saturated carbocycles. The molecule has 0 aliphatic rings. The van der Waals surface area contributed by atoms with E-state index in [-0.39, 0.29) is 0 Å². The molecular weight excluding hydrogens is 735 g/mol. The fourth-order valence-corrected chi connectivity index (χ4v) is 15.3. The van der Waals surface area contributed by atoms with Gasteiger partial charge >= 0.3 is 0 Å². The van der Waals surface area contributed by atoms with E-state index < -0.39 is 15.1 Å². The summed E-state index contributed by atoms with van der Waals surface area (Å²) in [5.41, 5.74) is 7.76. The average Bonchev–Trinajstić information content (AvgIpc) is 3.82. The van der Waals surface area contributed by atoms with Crippen molar-refractivity contribution in [1.29, 1.82) is 0 Å². The van der Waals surface area contributed by atoms with E-state index in [1.165, 1.54) is 108 Å². The third-order valence-corrected chi connectivity index (χ3v) is 17.3. The van der Waals surface area contributed by atoms with Crippen molar-refractivity contribution in [2.75, 3.05) is 0 Å². The molecule has 2 unspecified atom stereocenters. The SMILES string of the molecule is c1ccc(-c2c3cccc(-c4cccc5c6ccccc6p(-c6ccccc6)c45)c3cc3c(-c4cccc5c6ccccc6p(-c6ccccc6)c45)cccc23)cc1. The summed E-state index contributed by atoms with van der Waals surface area (Å²) in [6.07, 6.45) is 0. The van der Waals surface area contributed by atoms with Gasteiger partial charge in [-0.05, 0) is 93.1 Å². The van der Waals surface area contributed by atoms with E-state index in [9.17, 15) is 0 Å². The van der Waals surface area contributed by atoms with Crippen molar-refractivity contribution in [3.05, 3.63) is 218 Å². The fraction of sp³-hybridized carbons (Fsp3) is 0. The summed E-state index contributed by atoms with van der Waals surface area (Å²) in [6.45, 7) is 0. The molecule has 0 aliphatic carbocycles. The molecule has 0 radical (unpaired) electrons. The Morgan fingerprint density at radius 2 is 0.603 bits per heavy atom. The molecule has 0 fully saturated rings. The maximum atomic E-state index is 2.53. The molecule has 2 heteroatoms. The van der Waals surface area contributed by atoms with Crippen molar-refractivity contribution in [3.8, 4) is 44.0 Å². The van der Waals surface area contributed by atoms with Gasteiger partial charge in [0.1, 0.15) is 0 Å². The van der Waals surface area contributed by atoms with E-state index in [0.29, 0.717) is 0 Å². The van der Waals surface area contributed by atoms with Gasteiger partial charge in [-0.15, -0.1) is 0 Å². The highest BCUT2D eigenvalue weighted by Crippen LogP contribution is 2.60. The second kappa shape index (κ2) is 13.5. The van der Waals surface area contributed by atoms with Crippen LogP contribution >= 0.6 is 15.1 Å². The van der Waals surface area contributed by atoms with Crippen molar-refractivity contribution in [3.63, 3.8) is 0 Å². The normalized spacial score (nSPS) is 12.4. The Labute approximate surface area is 339 Å². The van der Waals surface area contributed by atoms with Crippen LogP contribution < -0.4 is 0 Å². The first-order chi connectivity index (χ1) is 28.8. The summed E-state index contributed by atoms with van der Waals surface area (Å²) in [5.74, 6) is 0. The zero-order valence-corrected chi connectivity index (χ0v) is 33.5. The zero-order chi connectivity index (χ0) is 38.2. The molecular formula is C56H36P2. The summed E-state index contributed by atoms with van der Waals surface area (Å²) >= 11 is 0. The second-order valence-corrected chi connectivity index (χ2v) is 19.4. The summed E-state index contributed by atoms with van der Waals surface area (Å²) in [5, 5.41) is 19.2. The molecule has 0 amide bonds. The number of hydrogen-bond donors (Lipinski definition) is 0. The van der Waals surface area contributed by atoms with Gasteiger partial charge < -0.3 is 0 Å². The van der Waals surface area contributed by atoms with Gasteiger partial charge in [0.15, 0.2) is 0 Å². The first kappa shape index (κ1) is 33.5. The van der Waals surface area contributed by atoms with Gasteiger partial charge in [0.05, 0.1) is 0 Å². The molecule has 0 bridgehead atoms. The van der Waals surface area contributed by atoms with E-state index in [4.69, 9.17) is 0 Å². The van der Waals surface area contributed by atoms with Crippen LogP contribution in [0.4, 0.5) is 0 Å². The maximum Gasteiger partial charge on any atom is 0.0147 e. The summed E-state index contributed by atoms with van der Waals surface area (Å²) in [6, 6.07) is 82.1. The Morgan fingerprint density at radius 1 is 0.241 bits per heavy atom. The minimum Gasteiger partial charge on any atom is -0.0766 e. The molecule has 2 aromatic heterocycles. The molecule has 0 nitrogen and oxygen atoms in total. The Morgan fingerprint density at radius 3 is 1.07 bits per heavy atom. The summed E-state index contributed by atoms with van der Waals surface area (Å²) < 4.78 is 0. The molecule has 0 saturated heterocycles. The smallest absolute Gasteiger partial charge is 0.0147 e. The topological polar surface area (TPSA) is 0 Å². The summed E-state index contributed by atoms with van der Waals surface area (Å²) in [4.78, 5) is 0. The van der Waals surface area contributed by atoms with Gasteiger partial charge in [-0.2, -0.15) is 0 Å². The third-order valence-electron chi connectivity index (χ3n) is 12.1. The second-order valence-electron chi connectivity index (χ2n) is 15.2. The highest BCUT2D eigenvalue weighted by molar-refractivity contribution is 7.68. The molecule has 2 heterocycles. The molecule has 0 N–H and O–H groups in total. The van der Waals surface area contributed by atoms with E-state index in [0.717, 1.165) is 0 Å². The van der Waals surface area contributed by atoms with Crippen LogP contribution in [-0.4, -0.2) is 0 Å². The average molecular weight is 771 g/mol. The van der Waals surface area contributed by atoms with Crippen molar-refractivity contribution in [1.82, 2.24) is 0 Å². The van der Waals surface area contributed by atoms with Crippen LogP contribution in [0.1, 0.15) is 0 Å². The first-order valence-electron chi connectivity index (χ1n) is 20.0. The van der Waals surface area contributed by atoms with Crippen molar-refractivity contribution >= 4 is 78.6 Å². The Balaban J connectivity index is 1.23. The van der Waals surface area contributed by atoms with Gasteiger partial charge in [0.25, 0.3) is 0 Å².